The van der Waals surface area contributed by atoms with Gasteiger partial charge in [-0.15, -0.1) is 0 Å². The molecule has 0 N–H and O–H groups in total. The Hall–Kier alpha value is -2.68. The van der Waals surface area contributed by atoms with E-state index in [0.717, 1.165) is 30.4 Å². The smallest absolute Gasteiger partial charge is 0.173 e. The van der Waals surface area contributed by atoms with Crippen LogP contribution in [0.2, 0.25) is 0 Å². The van der Waals surface area contributed by atoms with Crippen LogP contribution in [0.1, 0.15) is 38.7 Å². The summed E-state index contributed by atoms with van der Waals surface area (Å²) in [6, 6.07) is 18.1. The lowest BCUT2D eigenvalue weighted by Crippen LogP contribution is -2.01. The molecule has 28 heavy (non-hydrogen) atoms. The summed E-state index contributed by atoms with van der Waals surface area (Å²) in [5.74, 6) is -0.531. The van der Waals surface area contributed by atoms with Crippen molar-refractivity contribution in [2.75, 3.05) is 6.61 Å². The Balaban J connectivity index is 2.12. The summed E-state index contributed by atoms with van der Waals surface area (Å²) >= 11 is 0. The Morgan fingerprint density at radius 2 is 1.61 bits per heavy atom. The molecule has 0 unspecified atom stereocenters. The first-order chi connectivity index (χ1) is 13.7. The molecule has 0 amide bonds. The molecule has 0 spiro atoms. The zero-order valence-electron chi connectivity index (χ0n) is 16.5. The molecule has 146 valence electrons. The molecule has 0 aliphatic heterocycles. The number of unbranched alkanes of at least 4 members (excludes halogenated alkanes) is 1. The van der Waals surface area contributed by atoms with Gasteiger partial charge in [-0.3, -0.25) is 0 Å². The van der Waals surface area contributed by atoms with E-state index in [0.29, 0.717) is 29.7 Å². The summed E-state index contributed by atoms with van der Waals surface area (Å²) in [6.07, 6.45) is 3.36. The van der Waals surface area contributed by atoms with Gasteiger partial charge in [0, 0.05) is 5.56 Å². The third-order valence-electron chi connectivity index (χ3n) is 4.81. The molecule has 0 atom stereocenters. The van der Waals surface area contributed by atoms with Gasteiger partial charge in [0.25, 0.3) is 0 Å². The molecule has 3 rings (SSSR count). The molecule has 3 aromatic rings. The maximum atomic E-state index is 15.5. The number of hydrogen-bond acceptors (Lipinski definition) is 1. The predicted molar refractivity (Wildman–Crippen MR) is 112 cm³/mol. The van der Waals surface area contributed by atoms with E-state index in [9.17, 15) is 4.39 Å². The van der Waals surface area contributed by atoms with Crippen molar-refractivity contribution in [2.24, 2.45) is 0 Å². The molecule has 0 fully saturated rings. The highest BCUT2D eigenvalue weighted by Crippen LogP contribution is 2.39. The first-order valence-corrected chi connectivity index (χ1v) is 9.95. The van der Waals surface area contributed by atoms with Gasteiger partial charge >= 0.3 is 0 Å². The first kappa shape index (κ1) is 20.1. The number of ether oxygens (including phenoxy) is 1. The van der Waals surface area contributed by atoms with E-state index in [2.05, 4.69) is 6.92 Å². The normalized spacial score (nSPS) is 10.9. The summed E-state index contributed by atoms with van der Waals surface area (Å²) in [4.78, 5) is 0. The fourth-order valence-corrected chi connectivity index (χ4v) is 3.31. The quantitative estimate of drug-likeness (QED) is 0.369. The van der Waals surface area contributed by atoms with Gasteiger partial charge in [-0.2, -0.15) is 0 Å². The molecule has 0 aliphatic rings. The summed E-state index contributed by atoms with van der Waals surface area (Å²) in [5, 5.41) is 0. The lowest BCUT2D eigenvalue weighted by molar-refractivity contribution is 0.295. The predicted octanol–water partition coefficient (Wildman–Crippen LogP) is 7.43. The topological polar surface area (TPSA) is 9.23 Å². The van der Waals surface area contributed by atoms with Crippen LogP contribution in [-0.2, 0) is 6.42 Å². The maximum Gasteiger partial charge on any atom is 0.173 e. The average molecular weight is 380 g/mol. The SMILES string of the molecule is CCCCOc1ccc(-c2ccccc2)c(-c2ccc(CCC)c(F)c2)c1F. The zero-order chi connectivity index (χ0) is 19.9. The van der Waals surface area contributed by atoms with E-state index >= 15 is 4.39 Å². The summed E-state index contributed by atoms with van der Waals surface area (Å²) in [5.41, 5.74) is 3.16. The number of benzene rings is 3. The Kier molecular flexibility index (Phi) is 6.80. The number of hydrogen-bond donors (Lipinski definition) is 0. The summed E-state index contributed by atoms with van der Waals surface area (Å²) < 4.78 is 35.7. The van der Waals surface area contributed by atoms with Gasteiger partial charge in [0.2, 0.25) is 0 Å². The van der Waals surface area contributed by atoms with Crippen LogP contribution in [0.4, 0.5) is 8.78 Å². The monoisotopic (exact) mass is 380 g/mol. The van der Waals surface area contributed by atoms with E-state index in [-0.39, 0.29) is 11.6 Å². The van der Waals surface area contributed by atoms with Crippen molar-refractivity contribution in [2.45, 2.75) is 39.5 Å². The van der Waals surface area contributed by atoms with Crippen molar-refractivity contribution in [3.63, 3.8) is 0 Å². The summed E-state index contributed by atoms with van der Waals surface area (Å²) in [7, 11) is 0. The number of rotatable bonds is 8. The number of aryl methyl sites for hydroxylation is 1. The molecule has 0 saturated heterocycles. The molecule has 0 bridgehead atoms. The van der Waals surface area contributed by atoms with E-state index in [1.165, 1.54) is 6.07 Å². The molecular formula is C25H26F2O. The fraction of sp³-hybridized carbons (Fsp3) is 0.280. The molecule has 0 aromatic heterocycles. The van der Waals surface area contributed by atoms with E-state index < -0.39 is 5.82 Å². The van der Waals surface area contributed by atoms with Gasteiger partial charge in [0.15, 0.2) is 11.6 Å². The summed E-state index contributed by atoms with van der Waals surface area (Å²) in [6.45, 7) is 4.53. The molecule has 1 nitrogen and oxygen atoms in total. The molecule has 0 radical (unpaired) electrons. The van der Waals surface area contributed by atoms with Gasteiger partial charge in [-0.05, 0) is 53.3 Å². The van der Waals surface area contributed by atoms with E-state index in [1.54, 1.807) is 18.2 Å². The van der Waals surface area contributed by atoms with E-state index in [1.807, 2.05) is 43.3 Å². The Morgan fingerprint density at radius 1 is 0.821 bits per heavy atom. The highest BCUT2D eigenvalue weighted by molar-refractivity contribution is 5.85. The molecule has 3 heteroatoms. The van der Waals surface area contributed by atoms with Crippen molar-refractivity contribution in [3.05, 3.63) is 77.9 Å². The van der Waals surface area contributed by atoms with Crippen LogP contribution in [0.15, 0.2) is 60.7 Å². The second-order valence-electron chi connectivity index (χ2n) is 6.92. The van der Waals surface area contributed by atoms with Crippen LogP contribution in [0.3, 0.4) is 0 Å². The van der Waals surface area contributed by atoms with Gasteiger partial charge in [-0.1, -0.05) is 69.2 Å². The largest absolute Gasteiger partial charge is 0.490 e. The van der Waals surface area contributed by atoms with Crippen LogP contribution in [0.5, 0.6) is 5.75 Å². The number of halogens is 2. The van der Waals surface area contributed by atoms with Crippen molar-refractivity contribution in [1.29, 1.82) is 0 Å². The third-order valence-corrected chi connectivity index (χ3v) is 4.81. The molecule has 3 aromatic carbocycles. The van der Waals surface area contributed by atoms with Crippen LogP contribution >= 0.6 is 0 Å². The highest BCUT2D eigenvalue weighted by atomic mass is 19.1. The molecular weight excluding hydrogens is 354 g/mol. The lowest BCUT2D eigenvalue weighted by atomic mass is 9.92. The van der Waals surface area contributed by atoms with Crippen molar-refractivity contribution < 1.29 is 13.5 Å². The van der Waals surface area contributed by atoms with Gasteiger partial charge in [-0.25, -0.2) is 8.78 Å². The fourth-order valence-electron chi connectivity index (χ4n) is 3.31. The van der Waals surface area contributed by atoms with Crippen molar-refractivity contribution in [1.82, 2.24) is 0 Å². The zero-order valence-corrected chi connectivity index (χ0v) is 16.5. The van der Waals surface area contributed by atoms with Gasteiger partial charge in [0.1, 0.15) is 5.82 Å². The van der Waals surface area contributed by atoms with E-state index in [4.69, 9.17) is 4.74 Å². The Bertz CT molecular complexity index is 919. The minimum Gasteiger partial charge on any atom is -0.490 e. The Labute approximate surface area is 166 Å². The molecule has 0 saturated carbocycles. The van der Waals surface area contributed by atoms with Crippen LogP contribution in [-0.4, -0.2) is 6.61 Å². The third kappa shape index (κ3) is 4.41. The standard InChI is InChI=1S/C25H26F2O/c1-3-5-16-28-23-15-14-21(18-10-7-6-8-11-18)24(25(23)27)20-13-12-19(9-4-2)22(26)17-20/h6-8,10-15,17H,3-5,9,16H2,1-2H3. The second kappa shape index (κ2) is 9.50. The minimum absolute atomic E-state index is 0.209. The minimum atomic E-state index is -0.444. The van der Waals surface area contributed by atoms with Crippen LogP contribution in [0.25, 0.3) is 22.3 Å². The van der Waals surface area contributed by atoms with Gasteiger partial charge in [0.05, 0.1) is 6.61 Å². The second-order valence-corrected chi connectivity index (χ2v) is 6.92. The van der Waals surface area contributed by atoms with Crippen molar-refractivity contribution in [3.8, 4) is 28.0 Å². The van der Waals surface area contributed by atoms with Crippen molar-refractivity contribution >= 4 is 0 Å². The van der Waals surface area contributed by atoms with Gasteiger partial charge < -0.3 is 4.74 Å². The van der Waals surface area contributed by atoms with Crippen LogP contribution < -0.4 is 4.74 Å². The molecule has 0 heterocycles. The van der Waals surface area contributed by atoms with Crippen LogP contribution in [0, 0.1) is 11.6 Å². The highest BCUT2D eigenvalue weighted by Gasteiger charge is 2.18. The maximum absolute atomic E-state index is 15.5. The Morgan fingerprint density at radius 3 is 2.29 bits per heavy atom. The average Bonchev–Trinajstić information content (AvgIpc) is 2.71. The lowest BCUT2D eigenvalue weighted by Gasteiger charge is -2.16. The first-order valence-electron chi connectivity index (χ1n) is 9.95. The molecule has 0 aliphatic carbocycles.